The number of ether oxygens (including phenoxy) is 1. The molecule has 1 aromatic carbocycles. The third-order valence-electron chi connectivity index (χ3n) is 2.36. The van der Waals surface area contributed by atoms with Gasteiger partial charge in [0.1, 0.15) is 5.82 Å². The van der Waals surface area contributed by atoms with Crippen LogP contribution in [0.3, 0.4) is 0 Å². The smallest absolute Gasteiger partial charge is 0.337 e. The van der Waals surface area contributed by atoms with Crippen LogP contribution in [0.15, 0.2) is 30.4 Å². The van der Waals surface area contributed by atoms with Crippen LogP contribution in [0.25, 0.3) is 0 Å². The van der Waals surface area contributed by atoms with E-state index in [9.17, 15) is 14.0 Å². The number of carbonyl (C=O) groups is 2. The molecular weight excluding hydrogens is 279 g/mol. The summed E-state index contributed by atoms with van der Waals surface area (Å²) in [4.78, 5) is 22.5. The van der Waals surface area contributed by atoms with E-state index in [1.807, 2.05) is 6.92 Å². The van der Waals surface area contributed by atoms with Gasteiger partial charge in [0.15, 0.2) is 0 Å². The molecular formula is C14H17FN2O4. The second-order valence-electron chi connectivity index (χ2n) is 4.36. The molecule has 0 bridgehead atoms. The molecule has 3 N–H and O–H groups in total. The van der Waals surface area contributed by atoms with Crippen molar-refractivity contribution in [2.24, 2.45) is 0 Å². The van der Waals surface area contributed by atoms with Crippen LogP contribution >= 0.6 is 0 Å². The van der Waals surface area contributed by atoms with E-state index in [1.165, 1.54) is 12.1 Å². The molecule has 7 heteroatoms. The third kappa shape index (κ3) is 5.62. The van der Waals surface area contributed by atoms with E-state index < -0.39 is 17.8 Å². The number of para-hydroxylation sites is 1. The van der Waals surface area contributed by atoms with Crippen LogP contribution in [0.1, 0.15) is 17.3 Å². The van der Waals surface area contributed by atoms with Crippen LogP contribution in [0.2, 0.25) is 0 Å². The normalized spacial score (nSPS) is 10.0. The maximum atomic E-state index is 13.6. The zero-order chi connectivity index (χ0) is 15.8. The number of carboxylic acids is 1. The first-order valence-electron chi connectivity index (χ1n) is 6.20. The highest BCUT2D eigenvalue weighted by Gasteiger charge is 2.16. The lowest BCUT2D eigenvalue weighted by molar-refractivity contribution is 0.0697. The van der Waals surface area contributed by atoms with Crippen molar-refractivity contribution in [3.8, 4) is 0 Å². The van der Waals surface area contributed by atoms with Crippen LogP contribution < -0.4 is 10.6 Å². The maximum Gasteiger partial charge on any atom is 0.337 e. The van der Waals surface area contributed by atoms with Crippen LogP contribution in [0, 0.1) is 5.82 Å². The fourth-order valence-corrected chi connectivity index (χ4v) is 1.47. The summed E-state index contributed by atoms with van der Waals surface area (Å²) < 4.78 is 18.7. The Morgan fingerprint density at radius 2 is 2.14 bits per heavy atom. The van der Waals surface area contributed by atoms with Gasteiger partial charge in [-0.15, -0.1) is 0 Å². The summed E-state index contributed by atoms with van der Waals surface area (Å²) in [6.45, 7) is 6.33. The van der Waals surface area contributed by atoms with Crippen molar-refractivity contribution in [2.75, 3.05) is 25.1 Å². The van der Waals surface area contributed by atoms with Crippen LogP contribution in [0.5, 0.6) is 0 Å². The molecule has 6 nitrogen and oxygen atoms in total. The van der Waals surface area contributed by atoms with Crippen LogP contribution in [-0.2, 0) is 4.74 Å². The van der Waals surface area contributed by atoms with Crippen molar-refractivity contribution in [1.82, 2.24) is 5.32 Å². The fraction of sp³-hybridized carbons (Fsp3) is 0.286. The summed E-state index contributed by atoms with van der Waals surface area (Å²) in [6, 6.07) is 2.82. The number of benzene rings is 1. The van der Waals surface area contributed by atoms with E-state index >= 15 is 0 Å². The number of rotatable bonds is 7. The van der Waals surface area contributed by atoms with Crippen molar-refractivity contribution in [3.63, 3.8) is 0 Å². The molecule has 0 saturated carbocycles. The molecule has 0 spiro atoms. The van der Waals surface area contributed by atoms with E-state index in [0.717, 1.165) is 11.6 Å². The second kappa shape index (κ2) is 8.01. The van der Waals surface area contributed by atoms with Gasteiger partial charge >= 0.3 is 12.0 Å². The van der Waals surface area contributed by atoms with Crippen molar-refractivity contribution in [3.05, 3.63) is 41.7 Å². The molecule has 114 valence electrons. The lowest BCUT2D eigenvalue weighted by atomic mass is 10.1. The summed E-state index contributed by atoms with van der Waals surface area (Å²) in [5.41, 5.74) is 0.172. The Balaban J connectivity index is 2.52. The number of hydrogen-bond donors (Lipinski definition) is 3. The Labute approximate surface area is 121 Å². The first kappa shape index (κ1) is 16.6. The Hall–Kier alpha value is -2.41. The SMILES string of the molecule is C=C(C)COCCNC(=O)Nc1c(F)cccc1C(=O)O. The molecule has 1 rings (SSSR count). The van der Waals surface area contributed by atoms with Crippen LogP contribution in [0.4, 0.5) is 14.9 Å². The number of carboxylic acid groups (broad SMARTS) is 1. The minimum atomic E-state index is -1.32. The number of amides is 2. The number of carbonyl (C=O) groups excluding carboxylic acids is 1. The van der Waals surface area contributed by atoms with Gasteiger partial charge in [-0.1, -0.05) is 18.2 Å². The first-order chi connectivity index (χ1) is 9.91. The topological polar surface area (TPSA) is 87.7 Å². The first-order valence-corrected chi connectivity index (χ1v) is 6.20. The molecule has 0 saturated heterocycles. The summed E-state index contributed by atoms with van der Waals surface area (Å²) in [7, 11) is 0. The van der Waals surface area contributed by atoms with E-state index in [-0.39, 0.29) is 24.4 Å². The van der Waals surface area contributed by atoms with Crippen molar-refractivity contribution in [1.29, 1.82) is 0 Å². The van der Waals surface area contributed by atoms with Gasteiger partial charge < -0.3 is 20.5 Å². The average Bonchev–Trinajstić information content (AvgIpc) is 2.40. The third-order valence-corrected chi connectivity index (χ3v) is 2.36. The highest BCUT2D eigenvalue weighted by molar-refractivity contribution is 6.00. The molecule has 0 unspecified atom stereocenters. The zero-order valence-corrected chi connectivity index (χ0v) is 11.6. The van der Waals surface area contributed by atoms with Gasteiger partial charge in [0.25, 0.3) is 0 Å². The van der Waals surface area contributed by atoms with Crippen molar-refractivity contribution in [2.45, 2.75) is 6.92 Å². The quantitative estimate of drug-likeness (QED) is 0.532. The molecule has 0 aliphatic rings. The minimum absolute atomic E-state index is 0.204. The van der Waals surface area contributed by atoms with Gasteiger partial charge in [0.2, 0.25) is 0 Å². The molecule has 2 amide bonds. The van der Waals surface area contributed by atoms with Crippen molar-refractivity contribution < 1.29 is 23.8 Å². The van der Waals surface area contributed by atoms with Gasteiger partial charge in [0, 0.05) is 6.54 Å². The summed E-state index contributed by atoms with van der Waals surface area (Å²) in [5.74, 6) is -2.14. The van der Waals surface area contributed by atoms with E-state index in [0.29, 0.717) is 6.61 Å². The molecule has 0 aromatic heterocycles. The summed E-state index contributed by atoms with van der Waals surface area (Å²) in [6.07, 6.45) is 0. The standard InChI is InChI=1S/C14H17FN2O4/c1-9(2)8-21-7-6-16-14(20)17-12-10(13(18)19)4-3-5-11(12)15/h3-5H,1,6-8H2,2H3,(H,18,19)(H2,16,17,20). The molecule has 0 aliphatic carbocycles. The van der Waals surface area contributed by atoms with E-state index in [1.54, 1.807) is 0 Å². The maximum absolute atomic E-state index is 13.6. The number of urea groups is 1. The molecule has 1 aromatic rings. The highest BCUT2D eigenvalue weighted by Crippen LogP contribution is 2.19. The second-order valence-corrected chi connectivity index (χ2v) is 4.36. The molecule has 0 atom stereocenters. The predicted octanol–water partition coefficient (Wildman–Crippen LogP) is 2.24. The molecule has 21 heavy (non-hydrogen) atoms. The Morgan fingerprint density at radius 1 is 1.43 bits per heavy atom. The lowest BCUT2D eigenvalue weighted by Crippen LogP contribution is -2.32. The van der Waals surface area contributed by atoms with Gasteiger partial charge in [0.05, 0.1) is 24.5 Å². The molecule has 0 aliphatic heterocycles. The van der Waals surface area contributed by atoms with Crippen molar-refractivity contribution >= 4 is 17.7 Å². The Kier molecular flexibility index (Phi) is 6.35. The number of halogens is 1. The molecule has 0 heterocycles. The van der Waals surface area contributed by atoms with E-state index in [2.05, 4.69) is 17.2 Å². The number of aromatic carboxylic acids is 1. The monoisotopic (exact) mass is 296 g/mol. The minimum Gasteiger partial charge on any atom is -0.478 e. The lowest BCUT2D eigenvalue weighted by Gasteiger charge is -2.11. The summed E-state index contributed by atoms with van der Waals surface area (Å²) >= 11 is 0. The molecule has 0 fully saturated rings. The average molecular weight is 296 g/mol. The number of hydrogen-bond acceptors (Lipinski definition) is 3. The van der Waals surface area contributed by atoms with Gasteiger partial charge in [-0.05, 0) is 19.1 Å². The van der Waals surface area contributed by atoms with Gasteiger partial charge in [-0.25, -0.2) is 14.0 Å². The number of nitrogens with one attached hydrogen (secondary N) is 2. The highest BCUT2D eigenvalue weighted by atomic mass is 19.1. The van der Waals surface area contributed by atoms with Gasteiger partial charge in [-0.2, -0.15) is 0 Å². The largest absolute Gasteiger partial charge is 0.478 e. The summed E-state index contributed by atoms with van der Waals surface area (Å²) in [5, 5.41) is 13.5. The zero-order valence-electron chi connectivity index (χ0n) is 11.6. The van der Waals surface area contributed by atoms with E-state index in [4.69, 9.17) is 9.84 Å². The number of anilines is 1. The van der Waals surface area contributed by atoms with Crippen LogP contribution in [-0.4, -0.2) is 36.9 Å². The fourth-order valence-electron chi connectivity index (χ4n) is 1.47. The molecule has 0 radical (unpaired) electrons. The predicted molar refractivity (Wildman–Crippen MR) is 76.0 cm³/mol. The Bertz CT molecular complexity index is 546. The Morgan fingerprint density at radius 3 is 2.76 bits per heavy atom. The van der Waals surface area contributed by atoms with Gasteiger partial charge in [-0.3, -0.25) is 0 Å².